The van der Waals surface area contributed by atoms with E-state index in [-0.39, 0.29) is 16.1 Å². The van der Waals surface area contributed by atoms with E-state index in [1.165, 1.54) is 7.11 Å². The van der Waals surface area contributed by atoms with Crippen molar-refractivity contribution in [2.75, 3.05) is 20.3 Å². The van der Waals surface area contributed by atoms with Crippen LogP contribution in [0.25, 0.3) is 0 Å². The Morgan fingerprint density at radius 1 is 1.59 bits per heavy atom. The number of esters is 1. The smallest absolute Gasteiger partial charge is 0.351 e. The van der Waals surface area contributed by atoms with Gasteiger partial charge in [0.25, 0.3) is 5.19 Å². The van der Waals surface area contributed by atoms with E-state index in [0.29, 0.717) is 18.4 Å². The van der Waals surface area contributed by atoms with Gasteiger partial charge in [-0.3, -0.25) is 0 Å². The van der Waals surface area contributed by atoms with Crippen LogP contribution in [0.4, 0.5) is 0 Å². The Kier molecular flexibility index (Phi) is 5.67. The summed E-state index contributed by atoms with van der Waals surface area (Å²) in [5.74, 6) is -0.514. The van der Waals surface area contributed by atoms with Crippen LogP contribution in [0.15, 0.2) is 0 Å². The Labute approximate surface area is 109 Å². The van der Waals surface area contributed by atoms with Gasteiger partial charge in [0.2, 0.25) is 0 Å². The fourth-order valence-corrected chi connectivity index (χ4v) is 2.18. The lowest BCUT2D eigenvalue weighted by Gasteiger charge is -2.11. The Morgan fingerprint density at radius 3 is 2.88 bits per heavy atom. The van der Waals surface area contributed by atoms with Gasteiger partial charge in [-0.25, -0.2) is 4.79 Å². The minimum atomic E-state index is -0.514. The standard InChI is InChI=1S/C10H14ClNO4S/c1-4-15-5-6(2)16-10-12-8(11)7(17-10)9(13)14-3/h6H,4-5H2,1-3H3. The monoisotopic (exact) mass is 279 g/mol. The third kappa shape index (κ3) is 4.14. The van der Waals surface area contributed by atoms with Gasteiger partial charge in [0, 0.05) is 6.61 Å². The van der Waals surface area contributed by atoms with Crippen LogP contribution in [-0.2, 0) is 9.47 Å². The van der Waals surface area contributed by atoms with Crippen molar-refractivity contribution in [3.63, 3.8) is 0 Å². The van der Waals surface area contributed by atoms with Gasteiger partial charge >= 0.3 is 5.97 Å². The number of methoxy groups -OCH3 is 1. The lowest BCUT2D eigenvalue weighted by Crippen LogP contribution is -2.18. The van der Waals surface area contributed by atoms with Crippen molar-refractivity contribution < 1.29 is 19.0 Å². The zero-order valence-electron chi connectivity index (χ0n) is 9.86. The molecule has 0 saturated heterocycles. The van der Waals surface area contributed by atoms with Crippen LogP contribution < -0.4 is 4.74 Å². The summed E-state index contributed by atoms with van der Waals surface area (Å²) in [4.78, 5) is 15.5. The van der Waals surface area contributed by atoms with Gasteiger partial charge in [-0.2, -0.15) is 4.98 Å². The second-order valence-corrected chi connectivity index (χ2v) is 4.50. The van der Waals surface area contributed by atoms with Crippen molar-refractivity contribution >= 4 is 28.9 Å². The molecule has 1 heterocycles. The molecule has 0 aliphatic rings. The summed E-state index contributed by atoms with van der Waals surface area (Å²) in [6.45, 7) is 4.84. The number of nitrogens with zero attached hydrogens (tertiary/aromatic N) is 1. The molecule has 0 fully saturated rings. The van der Waals surface area contributed by atoms with E-state index in [1.54, 1.807) is 0 Å². The zero-order valence-corrected chi connectivity index (χ0v) is 11.4. The van der Waals surface area contributed by atoms with Crippen molar-refractivity contribution in [3.8, 4) is 5.19 Å². The van der Waals surface area contributed by atoms with E-state index < -0.39 is 5.97 Å². The summed E-state index contributed by atoms with van der Waals surface area (Å²) in [5, 5.41) is 0.433. The van der Waals surface area contributed by atoms with Gasteiger partial charge in [0.05, 0.1) is 13.7 Å². The molecule has 1 aromatic heterocycles. The molecule has 17 heavy (non-hydrogen) atoms. The number of halogens is 1. The lowest BCUT2D eigenvalue weighted by atomic mass is 10.4. The molecule has 1 rings (SSSR count). The SMILES string of the molecule is CCOCC(C)Oc1nc(Cl)c(C(=O)OC)s1. The van der Waals surface area contributed by atoms with Crippen LogP contribution in [0.1, 0.15) is 23.5 Å². The molecular formula is C10H14ClNO4S. The van der Waals surface area contributed by atoms with Crippen molar-refractivity contribution in [1.82, 2.24) is 4.98 Å². The summed E-state index contributed by atoms with van der Waals surface area (Å²) in [6, 6.07) is 0. The first-order chi connectivity index (χ1) is 8.08. The van der Waals surface area contributed by atoms with Gasteiger partial charge in [0.1, 0.15) is 6.10 Å². The third-order valence-electron chi connectivity index (χ3n) is 1.80. The van der Waals surface area contributed by atoms with Crippen LogP contribution in [0.5, 0.6) is 5.19 Å². The second-order valence-electron chi connectivity index (χ2n) is 3.18. The van der Waals surface area contributed by atoms with Gasteiger partial charge < -0.3 is 14.2 Å². The Bertz CT molecular complexity index is 382. The number of carbonyl (C=O) groups is 1. The molecule has 0 aromatic carbocycles. The number of hydrogen-bond acceptors (Lipinski definition) is 6. The van der Waals surface area contributed by atoms with E-state index in [9.17, 15) is 4.79 Å². The molecule has 5 nitrogen and oxygen atoms in total. The Morgan fingerprint density at radius 2 is 2.29 bits per heavy atom. The fraction of sp³-hybridized carbons (Fsp3) is 0.600. The van der Waals surface area contributed by atoms with E-state index in [4.69, 9.17) is 21.1 Å². The first-order valence-electron chi connectivity index (χ1n) is 5.07. The molecule has 7 heteroatoms. The summed E-state index contributed by atoms with van der Waals surface area (Å²) < 4.78 is 15.2. The number of hydrogen-bond donors (Lipinski definition) is 0. The molecule has 96 valence electrons. The molecule has 1 aromatic rings. The van der Waals surface area contributed by atoms with Crippen LogP contribution in [0.3, 0.4) is 0 Å². The molecule has 1 unspecified atom stereocenters. The highest BCUT2D eigenvalue weighted by Gasteiger charge is 2.19. The number of ether oxygens (including phenoxy) is 3. The maximum atomic E-state index is 11.3. The highest BCUT2D eigenvalue weighted by atomic mass is 35.5. The van der Waals surface area contributed by atoms with Crippen LogP contribution in [0, 0.1) is 0 Å². The number of rotatable bonds is 6. The number of carbonyl (C=O) groups excluding carboxylic acids is 1. The fourth-order valence-electron chi connectivity index (χ4n) is 1.04. The summed E-state index contributed by atoms with van der Waals surface area (Å²) >= 11 is 6.85. The molecule has 0 saturated carbocycles. The molecule has 1 atom stereocenters. The van der Waals surface area contributed by atoms with Crippen molar-refractivity contribution in [1.29, 1.82) is 0 Å². The highest BCUT2D eigenvalue weighted by molar-refractivity contribution is 7.15. The van der Waals surface area contributed by atoms with Crippen LogP contribution in [-0.4, -0.2) is 37.4 Å². The lowest BCUT2D eigenvalue weighted by molar-refractivity contribution is 0.0606. The van der Waals surface area contributed by atoms with E-state index in [0.717, 1.165) is 11.3 Å². The Hall–Kier alpha value is -0.850. The molecule has 0 aliphatic carbocycles. The van der Waals surface area contributed by atoms with Crippen LogP contribution in [0.2, 0.25) is 5.15 Å². The van der Waals surface area contributed by atoms with E-state index in [1.807, 2.05) is 13.8 Å². The topological polar surface area (TPSA) is 57.7 Å². The molecule has 0 amide bonds. The van der Waals surface area contributed by atoms with E-state index in [2.05, 4.69) is 9.72 Å². The third-order valence-corrected chi connectivity index (χ3v) is 3.11. The minimum absolute atomic E-state index is 0.0976. The largest absolute Gasteiger partial charge is 0.465 e. The number of aromatic nitrogens is 1. The van der Waals surface area contributed by atoms with Gasteiger partial charge in [-0.1, -0.05) is 22.9 Å². The quantitative estimate of drug-likeness (QED) is 0.748. The van der Waals surface area contributed by atoms with Crippen molar-refractivity contribution in [2.24, 2.45) is 0 Å². The maximum Gasteiger partial charge on any atom is 0.351 e. The van der Waals surface area contributed by atoms with Crippen molar-refractivity contribution in [3.05, 3.63) is 10.0 Å². The first-order valence-corrected chi connectivity index (χ1v) is 6.27. The summed E-state index contributed by atoms with van der Waals surface area (Å²) in [5.41, 5.74) is 0. The molecule has 0 spiro atoms. The predicted octanol–water partition coefficient (Wildman–Crippen LogP) is 2.39. The first kappa shape index (κ1) is 14.2. The molecule has 0 radical (unpaired) electrons. The summed E-state index contributed by atoms with van der Waals surface area (Å²) in [7, 11) is 1.29. The summed E-state index contributed by atoms with van der Waals surface area (Å²) in [6.07, 6.45) is -0.150. The Balaban J connectivity index is 2.63. The normalized spacial score (nSPS) is 12.2. The van der Waals surface area contributed by atoms with Gasteiger partial charge in [-0.15, -0.1) is 0 Å². The maximum absolute atomic E-state index is 11.3. The zero-order chi connectivity index (χ0) is 12.8. The molecular weight excluding hydrogens is 266 g/mol. The average molecular weight is 280 g/mol. The minimum Gasteiger partial charge on any atom is -0.465 e. The van der Waals surface area contributed by atoms with E-state index >= 15 is 0 Å². The molecule has 0 bridgehead atoms. The molecule has 0 N–H and O–H groups in total. The number of thiazole rings is 1. The van der Waals surface area contributed by atoms with Gasteiger partial charge in [-0.05, 0) is 13.8 Å². The predicted molar refractivity (Wildman–Crippen MR) is 65.0 cm³/mol. The second kappa shape index (κ2) is 6.78. The molecule has 0 aliphatic heterocycles. The van der Waals surface area contributed by atoms with Crippen LogP contribution >= 0.6 is 22.9 Å². The van der Waals surface area contributed by atoms with Gasteiger partial charge in [0.15, 0.2) is 10.0 Å². The van der Waals surface area contributed by atoms with Crippen molar-refractivity contribution in [2.45, 2.75) is 20.0 Å². The average Bonchev–Trinajstić information content (AvgIpc) is 2.66. The highest BCUT2D eigenvalue weighted by Crippen LogP contribution is 2.29.